The van der Waals surface area contributed by atoms with Crippen molar-refractivity contribution in [2.45, 2.75) is 57.5 Å². The third kappa shape index (κ3) is 7.20. The molecular weight excluding hydrogens is 510 g/mol. The Kier molecular flexibility index (Phi) is 9.55. The first-order valence-electron chi connectivity index (χ1n) is 13.2. The number of ether oxygens (including phenoxy) is 1. The summed E-state index contributed by atoms with van der Waals surface area (Å²) in [5.74, 6) is -0.462. The molecule has 0 bridgehead atoms. The van der Waals surface area contributed by atoms with Crippen LogP contribution in [0.1, 0.15) is 62.2 Å². The number of likely N-dealkylation sites (tertiary alicyclic amines) is 1. The van der Waals surface area contributed by atoms with E-state index in [1.165, 1.54) is 18.3 Å². The van der Waals surface area contributed by atoms with E-state index >= 15 is 4.39 Å². The van der Waals surface area contributed by atoms with Gasteiger partial charge in [-0.15, -0.1) is 0 Å². The number of aryl methyl sites for hydroxylation is 1. The summed E-state index contributed by atoms with van der Waals surface area (Å²) in [4.78, 5) is 18.4. The Balaban J connectivity index is 1.34. The number of fused-ring (bicyclic) bond motifs is 1. The van der Waals surface area contributed by atoms with Crippen LogP contribution in [0.25, 0.3) is 10.9 Å². The van der Waals surface area contributed by atoms with Crippen LogP contribution in [0.5, 0.6) is 5.75 Å². The fourth-order valence-electron chi connectivity index (χ4n) is 5.59. The third-order valence-corrected chi connectivity index (χ3v) is 8.16. The molecule has 2 aromatic carbocycles. The summed E-state index contributed by atoms with van der Waals surface area (Å²) in [5, 5.41) is 10.5. The van der Waals surface area contributed by atoms with E-state index in [1.54, 1.807) is 25.3 Å². The largest absolute Gasteiger partial charge is 0.497 e. The van der Waals surface area contributed by atoms with Crippen LogP contribution in [0.15, 0.2) is 48.7 Å². The number of aromatic nitrogens is 1. The lowest BCUT2D eigenvalue weighted by atomic mass is 9.71. The number of hydrogen-bond donors (Lipinski definition) is 1. The second-order valence-corrected chi connectivity index (χ2v) is 10.8. The number of nitrogens with zero attached hydrogens (tertiary/aromatic N) is 2. The van der Waals surface area contributed by atoms with Crippen molar-refractivity contribution in [3.8, 4) is 5.75 Å². The van der Waals surface area contributed by atoms with Crippen LogP contribution in [0.3, 0.4) is 0 Å². The number of methoxy groups -OCH3 is 1. The van der Waals surface area contributed by atoms with E-state index in [2.05, 4.69) is 9.88 Å². The Morgan fingerprint density at radius 2 is 1.92 bits per heavy atom. The van der Waals surface area contributed by atoms with E-state index in [9.17, 15) is 14.3 Å². The zero-order valence-corrected chi connectivity index (χ0v) is 22.5. The molecule has 1 unspecified atom stereocenters. The summed E-state index contributed by atoms with van der Waals surface area (Å²) in [6.45, 7) is 2.55. The molecule has 4 rings (SSSR count). The van der Waals surface area contributed by atoms with Crippen LogP contribution < -0.4 is 4.74 Å². The van der Waals surface area contributed by atoms with Crippen molar-refractivity contribution in [3.05, 3.63) is 70.6 Å². The second-order valence-electron chi connectivity index (χ2n) is 10.4. The van der Waals surface area contributed by atoms with Crippen LogP contribution in [-0.2, 0) is 11.2 Å². The molecule has 2 heterocycles. The molecule has 3 aromatic rings. The van der Waals surface area contributed by atoms with Gasteiger partial charge in [-0.1, -0.05) is 23.7 Å². The van der Waals surface area contributed by atoms with E-state index in [-0.39, 0.29) is 23.7 Å². The number of carboxylic acids is 1. The number of rotatable bonds is 12. The molecule has 5 nitrogen and oxygen atoms in total. The normalized spacial score (nSPS) is 16.4. The maximum Gasteiger partial charge on any atom is 0.303 e. The van der Waals surface area contributed by atoms with Gasteiger partial charge in [0.25, 0.3) is 0 Å². The SMILES string of the molecule is COc1ccc2ncc(Cl)c(C(F)CCC3(CC(=O)O)CCN(CCCCc4ccc(F)cc4)CC3)c2c1. The van der Waals surface area contributed by atoms with Gasteiger partial charge in [-0.25, -0.2) is 8.78 Å². The average molecular weight is 545 g/mol. The van der Waals surface area contributed by atoms with Gasteiger partial charge in [0.2, 0.25) is 0 Å². The van der Waals surface area contributed by atoms with E-state index in [0.29, 0.717) is 28.6 Å². The molecule has 1 aromatic heterocycles. The van der Waals surface area contributed by atoms with Crippen molar-refractivity contribution < 1.29 is 23.4 Å². The fourth-order valence-corrected chi connectivity index (χ4v) is 5.86. The topological polar surface area (TPSA) is 62.7 Å². The molecule has 0 spiro atoms. The minimum absolute atomic E-state index is 0.0385. The third-order valence-electron chi connectivity index (χ3n) is 7.86. The fraction of sp³-hybridized carbons (Fsp3) is 0.467. The molecule has 1 saturated heterocycles. The van der Waals surface area contributed by atoms with Gasteiger partial charge in [0.15, 0.2) is 0 Å². The maximum absolute atomic E-state index is 15.7. The number of carbonyl (C=O) groups is 1. The lowest BCUT2D eigenvalue weighted by Gasteiger charge is -2.41. The van der Waals surface area contributed by atoms with Crippen LogP contribution in [-0.4, -0.2) is 47.7 Å². The highest BCUT2D eigenvalue weighted by Gasteiger charge is 2.37. The maximum atomic E-state index is 15.7. The first-order chi connectivity index (χ1) is 18.3. The highest BCUT2D eigenvalue weighted by molar-refractivity contribution is 6.32. The summed E-state index contributed by atoms with van der Waals surface area (Å²) >= 11 is 6.40. The predicted octanol–water partition coefficient (Wildman–Crippen LogP) is 7.41. The number of aliphatic carboxylic acids is 1. The summed E-state index contributed by atoms with van der Waals surface area (Å²) in [7, 11) is 1.55. The van der Waals surface area contributed by atoms with Gasteiger partial charge in [-0.05, 0) is 106 Å². The summed E-state index contributed by atoms with van der Waals surface area (Å²) in [6.07, 6.45) is 5.23. The van der Waals surface area contributed by atoms with Gasteiger partial charge >= 0.3 is 5.97 Å². The first-order valence-corrected chi connectivity index (χ1v) is 13.6. The molecule has 0 aliphatic carbocycles. The van der Waals surface area contributed by atoms with Gasteiger partial charge in [-0.3, -0.25) is 9.78 Å². The Bertz CT molecular complexity index is 1230. The second kappa shape index (κ2) is 12.9. The van der Waals surface area contributed by atoms with Gasteiger partial charge in [0, 0.05) is 17.1 Å². The number of alkyl halides is 1. The van der Waals surface area contributed by atoms with Crippen molar-refractivity contribution in [1.82, 2.24) is 9.88 Å². The molecule has 8 heteroatoms. The van der Waals surface area contributed by atoms with E-state index in [4.69, 9.17) is 16.3 Å². The van der Waals surface area contributed by atoms with Gasteiger partial charge < -0.3 is 14.7 Å². The smallest absolute Gasteiger partial charge is 0.303 e. The number of hydrogen-bond acceptors (Lipinski definition) is 4. The van der Waals surface area contributed by atoms with Crippen LogP contribution >= 0.6 is 11.6 Å². The van der Waals surface area contributed by atoms with Crippen molar-refractivity contribution in [2.24, 2.45) is 5.41 Å². The van der Waals surface area contributed by atoms with Crippen LogP contribution in [0.4, 0.5) is 8.78 Å². The predicted molar refractivity (Wildman–Crippen MR) is 146 cm³/mol. The van der Waals surface area contributed by atoms with Crippen molar-refractivity contribution >= 4 is 28.5 Å². The quantitative estimate of drug-likeness (QED) is 0.241. The highest BCUT2D eigenvalue weighted by atomic mass is 35.5. The molecule has 1 fully saturated rings. The van der Waals surface area contributed by atoms with Gasteiger partial charge in [0.1, 0.15) is 17.7 Å². The van der Waals surface area contributed by atoms with Gasteiger partial charge in [0.05, 0.1) is 24.1 Å². The lowest BCUT2D eigenvalue weighted by molar-refractivity contribution is -0.141. The molecule has 1 N–H and O–H groups in total. The number of carboxylic acid groups (broad SMARTS) is 1. The zero-order valence-electron chi connectivity index (χ0n) is 21.8. The average Bonchev–Trinajstić information content (AvgIpc) is 2.91. The first kappa shape index (κ1) is 28.2. The molecule has 38 heavy (non-hydrogen) atoms. The standard InChI is InChI=1S/C30H35ClF2N2O3/c1-38-23-9-10-27-24(18-23)29(25(31)20-34-27)26(33)11-12-30(19-28(36)37)13-16-35(17-14-30)15-3-2-4-21-5-7-22(32)8-6-21/h5-10,18,20,26H,2-4,11-17,19H2,1H3,(H,36,37). The molecule has 1 aliphatic rings. The minimum atomic E-state index is -1.34. The summed E-state index contributed by atoms with van der Waals surface area (Å²) < 4.78 is 34.1. The van der Waals surface area contributed by atoms with Crippen molar-refractivity contribution in [1.29, 1.82) is 0 Å². The Morgan fingerprint density at radius 3 is 2.61 bits per heavy atom. The number of pyridine rings is 1. The van der Waals surface area contributed by atoms with E-state index in [0.717, 1.165) is 57.3 Å². The number of benzene rings is 2. The Labute approximate surface area is 227 Å². The van der Waals surface area contributed by atoms with Crippen molar-refractivity contribution in [3.63, 3.8) is 0 Å². The van der Waals surface area contributed by atoms with Crippen LogP contribution in [0.2, 0.25) is 5.02 Å². The molecular formula is C30H35ClF2N2O3. The molecule has 0 radical (unpaired) electrons. The van der Waals surface area contributed by atoms with Crippen molar-refractivity contribution in [2.75, 3.05) is 26.7 Å². The molecule has 0 saturated carbocycles. The zero-order chi connectivity index (χ0) is 27.1. The number of halogens is 3. The lowest BCUT2D eigenvalue weighted by Crippen LogP contribution is -2.41. The minimum Gasteiger partial charge on any atom is -0.497 e. The molecule has 204 valence electrons. The molecule has 1 aliphatic heterocycles. The van der Waals surface area contributed by atoms with E-state index in [1.807, 2.05) is 12.1 Å². The molecule has 0 amide bonds. The number of unbranched alkanes of at least 4 members (excludes halogenated alkanes) is 1. The van der Waals surface area contributed by atoms with Gasteiger partial charge in [-0.2, -0.15) is 0 Å². The van der Waals surface area contributed by atoms with E-state index < -0.39 is 17.6 Å². The monoisotopic (exact) mass is 544 g/mol. The summed E-state index contributed by atoms with van der Waals surface area (Å²) in [6, 6.07) is 11.9. The highest BCUT2D eigenvalue weighted by Crippen LogP contribution is 2.44. The Hall–Kier alpha value is -2.77. The van der Waals surface area contributed by atoms with Crippen LogP contribution in [0, 0.1) is 11.2 Å². The summed E-state index contributed by atoms with van der Waals surface area (Å²) in [5.41, 5.74) is 1.72. The Morgan fingerprint density at radius 1 is 1.18 bits per heavy atom. The molecule has 1 atom stereocenters. The number of piperidine rings is 1.